The first kappa shape index (κ1) is 8.93. The minimum Gasteiger partial charge on any atom is -0.478 e. The number of aldehydes is 1. The molecule has 0 bridgehead atoms. The summed E-state index contributed by atoms with van der Waals surface area (Å²) in [5.74, 6) is -1.20. The maximum atomic E-state index is 10.4. The Balaban J connectivity index is 2.50. The van der Waals surface area contributed by atoms with Crippen LogP contribution < -0.4 is 0 Å². The van der Waals surface area contributed by atoms with Crippen LogP contribution in [0.2, 0.25) is 0 Å². The summed E-state index contributed by atoms with van der Waals surface area (Å²) in [5, 5.41) is 8.30. The molecule has 2 atom stereocenters. The fourth-order valence-electron chi connectivity index (χ4n) is 1.15. The number of hydrogen-bond donors (Lipinski definition) is 1. The molecule has 0 aliphatic carbocycles. The molecule has 1 rings (SSSR count). The van der Waals surface area contributed by atoms with Crippen LogP contribution >= 0.6 is 0 Å². The van der Waals surface area contributed by atoms with E-state index in [1.165, 1.54) is 6.08 Å². The second-order valence-corrected chi connectivity index (χ2v) is 2.62. The molecule has 1 aliphatic heterocycles. The first-order valence-corrected chi connectivity index (χ1v) is 3.72. The van der Waals surface area contributed by atoms with Crippen LogP contribution in [0.4, 0.5) is 0 Å². The standard InChI is InChI=1S/C8H10O4/c9-5-6-3-4-12-7(6)1-2-8(10)11/h1-2,5-7H,3-4H2,(H,10,11). The maximum absolute atomic E-state index is 10.4. The molecule has 0 aromatic rings. The molecular formula is C8H10O4. The fraction of sp³-hybridized carbons (Fsp3) is 0.500. The van der Waals surface area contributed by atoms with E-state index in [9.17, 15) is 9.59 Å². The van der Waals surface area contributed by atoms with Gasteiger partial charge in [-0.05, 0) is 12.5 Å². The SMILES string of the molecule is O=CC1CCOC1C=CC(=O)O. The van der Waals surface area contributed by atoms with Gasteiger partial charge in [0.05, 0.1) is 6.10 Å². The molecule has 0 amide bonds. The van der Waals surface area contributed by atoms with Crippen molar-refractivity contribution in [2.75, 3.05) is 6.61 Å². The topological polar surface area (TPSA) is 63.6 Å². The number of carboxylic acids is 1. The van der Waals surface area contributed by atoms with Gasteiger partial charge in [0.15, 0.2) is 0 Å². The van der Waals surface area contributed by atoms with Gasteiger partial charge in [0.1, 0.15) is 6.29 Å². The normalized spacial score (nSPS) is 29.3. The van der Waals surface area contributed by atoms with E-state index in [0.29, 0.717) is 13.0 Å². The summed E-state index contributed by atoms with van der Waals surface area (Å²) >= 11 is 0. The summed E-state index contributed by atoms with van der Waals surface area (Å²) in [6.45, 7) is 0.526. The second kappa shape index (κ2) is 4.01. The average Bonchev–Trinajstić information content (AvgIpc) is 2.47. The number of carbonyl (C=O) groups excluding carboxylic acids is 1. The van der Waals surface area contributed by atoms with E-state index in [4.69, 9.17) is 9.84 Å². The lowest BCUT2D eigenvalue weighted by atomic mass is 10.0. The highest BCUT2D eigenvalue weighted by Gasteiger charge is 2.25. The molecule has 0 saturated carbocycles. The van der Waals surface area contributed by atoms with Crippen LogP contribution in [0, 0.1) is 5.92 Å². The third-order valence-corrected chi connectivity index (χ3v) is 1.79. The van der Waals surface area contributed by atoms with Gasteiger partial charge in [-0.15, -0.1) is 0 Å². The van der Waals surface area contributed by atoms with Crippen LogP contribution in [0.25, 0.3) is 0 Å². The zero-order valence-electron chi connectivity index (χ0n) is 6.47. The molecule has 0 spiro atoms. The van der Waals surface area contributed by atoms with Crippen LogP contribution in [0.1, 0.15) is 6.42 Å². The van der Waals surface area contributed by atoms with Crippen LogP contribution in [0.15, 0.2) is 12.2 Å². The minimum absolute atomic E-state index is 0.180. The molecule has 1 N–H and O–H groups in total. The van der Waals surface area contributed by atoms with Crippen LogP contribution in [-0.4, -0.2) is 30.1 Å². The molecule has 4 nitrogen and oxygen atoms in total. The first-order valence-electron chi connectivity index (χ1n) is 3.72. The van der Waals surface area contributed by atoms with E-state index < -0.39 is 5.97 Å². The quantitative estimate of drug-likeness (QED) is 0.486. The molecule has 2 unspecified atom stereocenters. The smallest absolute Gasteiger partial charge is 0.328 e. The van der Waals surface area contributed by atoms with Crippen molar-refractivity contribution in [2.24, 2.45) is 5.92 Å². The molecule has 1 aliphatic rings. The summed E-state index contributed by atoms with van der Waals surface area (Å²) in [7, 11) is 0. The molecule has 12 heavy (non-hydrogen) atoms. The number of carbonyl (C=O) groups is 2. The number of ether oxygens (including phenoxy) is 1. The van der Waals surface area contributed by atoms with E-state index in [1.54, 1.807) is 0 Å². The Bertz CT molecular complexity index is 209. The van der Waals surface area contributed by atoms with Crippen molar-refractivity contribution in [1.29, 1.82) is 0 Å². The monoisotopic (exact) mass is 170 g/mol. The molecule has 1 fully saturated rings. The van der Waals surface area contributed by atoms with Crippen molar-refractivity contribution in [1.82, 2.24) is 0 Å². The van der Waals surface area contributed by atoms with Gasteiger partial charge in [0.25, 0.3) is 0 Å². The highest BCUT2D eigenvalue weighted by Crippen LogP contribution is 2.19. The highest BCUT2D eigenvalue weighted by molar-refractivity contribution is 5.79. The van der Waals surface area contributed by atoms with Gasteiger partial charge >= 0.3 is 5.97 Å². The van der Waals surface area contributed by atoms with Crippen molar-refractivity contribution >= 4 is 12.3 Å². The van der Waals surface area contributed by atoms with E-state index in [2.05, 4.69) is 0 Å². The van der Waals surface area contributed by atoms with Crippen molar-refractivity contribution in [3.8, 4) is 0 Å². The molecule has 0 aromatic heterocycles. The Hall–Kier alpha value is -1.16. The predicted molar refractivity (Wildman–Crippen MR) is 40.7 cm³/mol. The van der Waals surface area contributed by atoms with Gasteiger partial charge in [-0.25, -0.2) is 4.79 Å². The summed E-state index contributed by atoms with van der Waals surface area (Å²) in [4.78, 5) is 20.5. The lowest BCUT2D eigenvalue weighted by molar-refractivity contribution is -0.131. The van der Waals surface area contributed by atoms with Crippen molar-refractivity contribution < 1.29 is 19.4 Å². The Morgan fingerprint density at radius 1 is 1.58 bits per heavy atom. The molecule has 1 saturated heterocycles. The van der Waals surface area contributed by atoms with Gasteiger partial charge in [0.2, 0.25) is 0 Å². The molecular weight excluding hydrogens is 160 g/mol. The third-order valence-electron chi connectivity index (χ3n) is 1.79. The zero-order chi connectivity index (χ0) is 8.97. The summed E-state index contributed by atoms with van der Waals surface area (Å²) in [5.41, 5.74) is 0. The average molecular weight is 170 g/mol. The lowest BCUT2D eigenvalue weighted by Gasteiger charge is -2.06. The minimum atomic E-state index is -1.02. The number of carboxylic acid groups (broad SMARTS) is 1. The Morgan fingerprint density at radius 2 is 2.33 bits per heavy atom. The van der Waals surface area contributed by atoms with Crippen molar-refractivity contribution in [2.45, 2.75) is 12.5 Å². The van der Waals surface area contributed by atoms with E-state index >= 15 is 0 Å². The maximum Gasteiger partial charge on any atom is 0.328 e. The summed E-state index contributed by atoms with van der Waals surface area (Å²) in [6, 6.07) is 0. The Labute approximate surface area is 69.8 Å². The molecule has 0 radical (unpaired) electrons. The highest BCUT2D eigenvalue weighted by atomic mass is 16.5. The van der Waals surface area contributed by atoms with Crippen molar-refractivity contribution in [3.63, 3.8) is 0 Å². The second-order valence-electron chi connectivity index (χ2n) is 2.62. The number of rotatable bonds is 3. The lowest BCUT2D eigenvalue weighted by Crippen LogP contribution is -2.14. The van der Waals surface area contributed by atoms with Gasteiger partial charge in [-0.2, -0.15) is 0 Å². The number of aliphatic carboxylic acids is 1. The summed E-state index contributed by atoms with van der Waals surface area (Å²) in [6.07, 6.45) is 3.56. The molecule has 66 valence electrons. The zero-order valence-corrected chi connectivity index (χ0v) is 6.47. The number of hydrogen-bond acceptors (Lipinski definition) is 3. The third kappa shape index (κ3) is 2.17. The van der Waals surface area contributed by atoms with Crippen molar-refractivity contribution in [3.05, 3.63) is 12.2 Å². The largest absolute Gasteiger partial charge is 0.478 e. The molecule has 0 aromatic carbocycles. The van der Waals surface area contributed by atoms with Crippen LogP contribution in [0.5, 0.6) is 0 Å². The van der Waals surface area contributed by atoms with Gasteiger partial charge in [-0.1, -0.05) is 0 Å². The van der Waals surface area contributed by atoms with E-state index in [0.717, 1.165) is 12.4 Å². The van der Waals surface area contributed by atoms with Gasteiger partial charge in [0, 0.05) is 18.6 Å². The van der Waals surface area contributed by atoms with Crippen LogP contribution in [-0.2, 0) is 14.3 Å². The van der Waals surface area contributed by atoms with Gasteiger partial charge in [-0.3, -0.25) is 0 Å². The van der Waals surface area contributed by atoms with E-state index in [-0.39, 0.29) is 12.0 Å². The Morgan fingerprint density at radius 3 is 2.92 bits per heavy atom. The van der Waals surface area contributed by atoms with Gasteiger partial charge < -0.3 is 14.6 Å². The molecule has 4 heteroatoms. The van der Waals surface area contributed by atoms with Crippen LogP contribution in [0.3, 0.4) is 0 Å². The van der Waals surface area contributed by atoms with E-state index in [1.807, 2.05) is 0 Å². The fourth-order valence-corrected chi connectivity index (χ4v) is 1.15. The predicted octanol–water partition coefficient (Wildman–Crippen LogP) is 0.231. The summed E-state index contributed by atoms with van der Waals surface area (Å²) < 4.78 is 5.13. The first-order chi connectivity index (χ1) is 5.74. The molecule has 1 heterocycles. The Kier molecular flexibility index (Phi) is 2.99.